The lowest BCUT2D eigenvalue weighted by atomic mass is 9.89. The van der Waals surface area contributed by atoms with Gasteiger partial charge in [-0.25, -0.2) is 0 Å². The summed E-state index contributed by atoms with van der Waals surface area (Å²) < 4.78 is 0. The van der Waals surface area contributed by atoms with Crippen LogP contribution in [0.15, 0.2) is 60.7 Å². The Kier molecular flexibility index (Phi) is 5.44. The van der Waals surface area contributed by atoms with Gasteiger partial charge in [-0.05, 0) is 17.0 Å². The Morgan fingerprint density at radius 3 is 1.60 bits per heavy atom. The molecule has 2 aromatic carbocycles. The standard InChI is InChI=1S/C20H22/c1-17(2)11-9-10-16-20(18-12-5-3-6-13-18)19-14-7-4-8-15-19/h3-8,12-15,17,20H,11,16H2,1-2H3. The third kappa shape index (κ3) is 4.28. The van der Waals surface area contributed by atoms with Crippen molar-refractivity contribution in [2.45, 2.75) is 32.6 Å². The molecule has 102 valence electrons. The van der Waals surface area contributed by atoms with Crippen LogP contribution in [0.4, 0.5) is 0 Å². The predicted octanol–water partition coefficient (Wildman–Crippen LogP) is 5.26. The summed E-state index contributed by atoms with van der Waals surface area (Å²) in [6, 6.07) is 21.3. The number of hydrogen-bond acceptors (Lipinski definition) is 0. The average Bonchev–Trinajstić information content (AvgIpc) is 2.49. The fourth-order valence-electron chi connectivity index (χ4n) is 2.25. The smallest absolute Gasteiger partial charge is 0.0199 e. The fraction of sp³-hybridized carbons (Fsp3) is 0.300. The molecule has 0 aromatic heterocycles. The predicted molar refractivity (Wildman–Crippen MR) is 86.6 cm³/mol. The van der Waals surface area contributed by atoms with Gasteiger partial charge in [0.2, 0.25) is 0 Å². The van der Waals surface area contributed by atoms with Gasteiger partial charge in [-0.1, -0.05) is 74.5 Å². The third-order valence-corrected chi connectivity index (χ3v) is 3.35. The van der Waals surface area contributed by atoms with E-state index in [-0.39, 0.29) is 0 Å². The van der Waals surface area contributed by atoms with E-state index in [1.54, 1.807) is 0 Å². The van der Waals surface area contributed by atoms with E-state index in [1.165, 1.54) is 11.1 Å². The first kappa shape index (κ1) is 14.4. The van der Waals surface area contributed by atoms with Gasteiger partial charge < -0.3 is 0 Å². The second kappa shape index (κ2) is 7.56. The molecule has 0 aliphatic carbocycles. The molecule has 0 radical (unpaired) electrons. The lowest BCUT2D eigenvalue weighted by molar-refractivity contribution is 0.675. The van der Waals surface area contributed by atoms with Crippen LogP contribution in [0.3, 0.4) is 0 Å². The zero-order valence-electron chi connectivity index (χ0n) is 12.3. The molecule has 0 aliphatic heterocycles. The molecule has 0 atom stereocenters. The van der Waals surface area contributed by atoms with Gasteiger partial charge in [-0.15, -0.1) is 11.8 Å². The van der Waals surface area contributed by atoms with Crippen molar-refractivity contribution in [2.75, 3.05) is 0 Å². The van der Waals surface area contributed by atoms with Crippen LogP contribution in [-0.4, -0.2) is 0 Å². The lowest BCUT2D eigenvalue weighted by Crippen LogP contribution is -2.00. The summed E-state index contributed by atoms with van der Waals surface area (Å²) >= 11 is 0. The minimum absolute atomic E-state index is 0.372. The molecule has 0 amide bonds. The molecule has 0 aliphatic rings. The van der Waals surface area contributed by atoms with Gasteiger partial charge in [0.05, 0.1) is 0 Å². The monoisotopic (exact) mass is 262 g/mol. The molecular weight excluding hydrogens is 240 g/mol. The van der Waals surface area contributed by atoms with Gasteiger partial charge in [-0.3, -0.25) is 0 Å². The summed E-state index contributed by atoms with van der Waals surface area (Å²) in [6.45, 7) is 4.42. The second-order valence-corrected chi connectivity index (χ2v) is 5.53. The Bertz CT molecular complexity index is 516. The van der Waals surface area contributed by atoms with Crippen molar-refractivity contribution >= 4 is 0 Å². The molecule has 0 saturated heterocycles. The van der Waals surface area contributed by atoms with Gasteiger partial charge in [0, 0.05) is 18.8 Å². The first-order valence-electron chi connectivity index (χ1n) is 7.33. The highest BCUT2D eigenvalue weighted by atomic mass is 14.1. The van der Waals surface area contributed by atoms with Crippen LogP contribution < -0.4 is 0 Å². The van der Waals surface area contributed by atoms with Gasteiger partial charge in [0.1, 0.15) is 0 Å². The van der Waals surface area contributed by atoms with Crippen LogP contribution in [0, 0.1) is 17.8 Å². The zero-order valence-corrected chi connectivity index (χ0v) is 12.3. The molecule has 2 aromatic rings. The van der Waals surface area contributed by atoms with Gasteiger partial charge in [0.15, 0.2) is 0 Å². The molecule has 0 heterocycles. The van der Waals surface area contributed by atoms with Gasteiger partial charge in [-0.2, -0.15) is 0 Å². The molecule has 0 N–H and O–H groups in total. The summed E-state index contributed by atoms with van der Waals surface area (Å²) in [4.78, 5) is 0. The normalized spacial score (nSPS) is 10.4. The van der Waals surface area contributed by atoms with Gasteiger partial charge >= 0.3 is 0 Å². The van der Waals surface area contributed by atoms with Crippen LogP contribution in [0.25, 0.3) is 0 Å². The Balaban J connectivity index is 2.19. The molecule has 0 bridgehead atoms. The summed E-state index contributed by atoms with van der Waals surface area (Å²) in [7, 11) is 0. The first-order chi connectivity index (χ1) is 9.77. The SMILES string of the molecule is CC(C)CC#CCC(c1ccccc1)c1ccccc1. The molecule has 0 saturated carbocycles. The minimum atomic E-state index is 0.372. The van der Waals surface area contributed by atoms with Gasteiger partial charge in [0.25, 0.3) is 0 Å². The highest BCUT2D eigenvalue weighted by molar-refractivity contribution is 5.33. The maximum Gasteiger partial charge on any atom is 0.0199 e. The number of benzene rings is 2. The van der Waals surface area contributed by atoms with Crippen LogP contribution >= 0.6 is 0 Å². The molecule has 0 spiro atoms. The van der Waals surface area contributed by atoms with Crippen molar-refractivity contribution in [3.05, 3.63) is 71.8 Å². The number of hydrogen-bond donors (Lipinski definition) is 0. The average molecular weight is 262 g/mol. The molecule has 2 rings (SSSR count). The summed E-state index contributed by atoms with van der Waals surface area (Å²) in [5, 5.41) is 0. The highest BCUT2D eigenvalue weighted by Gasteiger charge is 2.11. The fourth-order valence-corrected chi connectivity index (χ4v) is 2.25. The van der Waals surface area contributed by atoms with Crippen molar-refractivity contribution in [2.24, 2.45) is 5.92 Å². The molecule has 0 nitrogen and oxygen atoms in total. The number of rotatable bonds is 4. The van der Waals surface area contributed by atoms with E-state index in [0.29, 0.717) is 11.8 Å². The van der Waals surface area contributed by atoms with Crippen molar-refractivity contribution < 1.29 is 0 Å². The van der Waals surface area contributed by atoms with Crippen molar-refractivity contribution in [3.63, 3.8) is 0 Å². The first-order valence-corrected chi connectivity index (χ1v) is 7.33. The van der Waals surface area contributed by atoms with Crippen LogP contribution in [0.2, 0.25) is 0 Å². The van der Waals surface area contributed by atoms with Crippen LogP contribution in [0.5, 0.6) is 0 Å². The zero-order chi connectivity index (χ0) is 14.2. The van der Waals surface area contributed by atoms with E-state index < -0.39 is 0 Å². The van der Waals surface area contributed by atoms with E-state index in [4.69, 9.17) is 0 Å². The summed E-state index contributed by atoms with van der Waals surface area (Å²) in [5.74, 6) is 7.69. The maximum atomic E-state index is 3.36. The molecule has 20 heavy (non-hydrogen) atoms. The summed E-state index contributed by atoms with van der Waals surface area (Å²) in [5.41, 5.74) is 2.69. The molecule has 0 unspecified atom stereocenters. The molecular formula is C20H22. The van der Waals surface area contributed by atoms with E-state index in [0.717, 1.165) is 12.8 Å². The lowest BCUT2D eigenvalue weighted by Gasteiger charge is -2.15. The Labute approximate surface area is 122 Å². The second-order valence-electron chi connectivity index (χ2n) is 5.53. The van der Waals surface area contributed by atoms with Crippen LogP contribution in [-0.2, 0) is 0 Å². The quantitative estimate of drug-likeness (QED) is 0.659. The van der Waals surface area contributed by atoms with Crippen molar-refractivity contribution in [1.82, 2.24) is 0 Å². The third-order valence-electron chi connectivity index (χ3n) is 3.35. The molecule has 0 heteroatoms. The van der Waals surface area contributed by atoms with E-state index in [9.17, 15) is 0 Å². The van der Waals surface area contributed by atoms with Crippen LogP contribution in [0.1, 0.15) is 43.7 Å². The Hall–Kier alpha value is -2.00. The summed E-state index contributed by atoms with van der Waals surface area (Å²) in [6.07, 6.45) is 1.87. The maximum absolute atomic E-state index is 3.36. The van der Waals surface area contributed by atoms with E-state index in [1.807, 2.05) is 0 Å². The van der Waals surface area contributed by atoms with E-state index >= 15 is 0 Å². The largest absolute Gasteiger partial charge is 0.103 e. The topological polar surface area (TPSA) is 0 Å². The van der Waals surface area contributed by atoms with E-state index in [2.05, 4.69) is 86.4 Å². The Morgan fingerprint density at radius 2 is 1.15 bits per heavy atom. The highest BCUT2D eigenvalue weighted by Crippen LogP contribution is 2.27. The van der Waals surface area contributed by atoms with Crippen molar-refractivity contribution in [3.8, 4) is 11.8 Å². The molecule has 0 fully saturated rings. The van der Waals surface area contributed by atoms with Crippen molar-refractivity contribution in [1.29, 1.82) is 0 Å². The minimum Gasteiger partial charge on any atom is -0.103 e. The Morgan fingerprint density at radius 1 is 0.700 bits per heavy atom.